The number of ketones is 1. The Morgan fingerprint density at radius 2 is 2.00 bits per heavy atom. The summed E-state index contributed by atoms with van der Waals surface area (Å²) in [6, 6.07) is 0. The Balaban J connectivity index is 2.02. The van der Waals surface area contributed by atoms with Gasteiger partial charge in [-0.25, -0.2) is 14.8 Å². The third kappa shape index (κ3) is 2.50. The van der Waals surface area contributed by atoms with Crippen LogP contribution in [0.3, 0.4) is 0 Å². The van der Waals surface area contributed by atoms with Crippen molar-refractivity contribution in [3.8, 4) is 0 Å². The van der Waals surface area contributed by atoms with Crippen LogP contribution in [-0.2, 0) is 27.1 Å². The summed E-state index contributed by atoms with van der Waals surface area (Å²) in [7, 11) is 3.32. The fourth-order valence-electron chi connectivity index (χ4n) is 2.62. The van der Waals surface area contributed by atoms with Gasteiger partial charge in [-0.15, -0.1) is 11.3 Å². The number of fused-ring (bicyclic) bond motifs is 1. The van der Waals surface area contributed by atoms with Crippen molar-refractivity contribution in [2.24, 2.45) is 14.1 Å². The average molecular weight is 347 g/mol. The van der Waals surface area contributed by atoms with Gasteiger partial charge in [-0.2, -0.15) is 0 Å². The number of carbonyl (C=O) groups excluding carboxylic acids is 1. The van der Waals surface area contributed by atoms with Crippen molar-refractivity contribution < 1.29 is 4.79 Å². The Kier molecular flexibility index (Phi) is 3.96. The van der Waals surface area contributed by atoms with Crippen LogP contribution in [0.5, 0.6) is 0 Å². The number of aromatic nitrogens is 5. The van der Waals surface area contributed by atoms with E-state index in [0.29, 0.717) is 22.6 Å². The second kappa shape index (κ2) is 5.82. The van der Waals surface area contributed by atoms with Crippen LogP contribution in [0.25, 0.3) is 11.2 Å². The van der Waals surface area contributed by atoms with Crippen LogP contribution in [0.15, 0.2) is 15.9 Å². The summed E-state index contributed by atoms with van der Waals surface area (Å²) < 4.78 is 4.19. The third-order valence-corrected chi connectivity index (χ3v) is 5.28. The van der Waals surface area contributed by atoms with Gasteiger partial charge in [0.15, 0.2) is 22.0 Å². The van der Waals surface area contributed by atoms with Gasteiger partial charge in [-0.3, -0.25) is 18.7 Å². The molecule has 3 heterocycles. The van der Waals surface area contributed by atoms with E-state index < -0.39 is 5.69 Å². The number of Topliss-reactive ketones (excluding diaryl/α,β-unsaturated/α-hetero) is 1. The summed E-state index contributed by atoms with van der Waals surface area (Å²) in [5.41, 5.74) is 0.762. The molecule has 0 aliphatic heterocycles. The minimum Gasteiger partial charge on any atom is -0.328 e. The van der Waals surface area contributed by atoms with Crippen molar-refractivity contribution in [3.05, 3.63) is 42.7 Å². The number of hydrogen-bond acceptors (Lipinski definition) is 6. The average Bonchev–Trinajstić information content (AvgIpc) is 3.09. The standard InChI is InChI=1S/C15H17N5O3S/c1-8-10(24-13(17-8)9(2)21)5-6-20-14(22)11-12(16-7-18(11)3)19(4)15(20)23/h7H,5-6H2,1-4H3. The first-order valence-corrected chi connectivity index (χ1v) is 8.21. The highest BCUT2D eigenvalue weighted by Gasteiger charge is 2.16. The molecule has 3 aromatic rings. The molecule has 24 heavy (non-hydrogen) atoms. The Morgan fingerprint density at radius 3 is 2.62 bits per heavy atom. The lowest BCUT2D eigenvalue weighted by atomic mass is 10.3. The second-order valence-corrected chi connectivity index (χ2v) is 6.74. The van der Waals surface area contributed by atoms with E-state index >= 15 is 0 Å². The fourth-order valence-corrected chi connectivity index (χ4v) is 3.56. The lowest BCUT2D eigenvalue weighted by molar-refractivity contribution is 0.101. The van der Waals surface area contributed by atoms with Gasteiger partial charge in [-0.05, 0) is 6.92 Å². The van der Waals surface area contributed by atoms with Crippen molar-refractivity contribution in [1.29, 1.82) is 0 Å². The number of aryl methyl sites for hydroxylation is 4. The lowest BCUT2D eigenvalue weighted by Crippen LogP contribution is -2.40. The molecule has 0 spiro atoms. The summed E-state index contributed by atoms with van der Waals surface area (Å²) in [5, 5.41) is 0.449. The Labute approximate surface area is 141 Å². The molecule has 0 saturated carbocycles. The molecule has 126 valence electrons. The molecular weight excluding hydrogens is 330 g/mol. The first kappa shape index (κ1) is 16.3. The summed E-state index contributed by atoms with van der Waals surface area (Å²) >= 11 is 1.31. The van der Waals surface area contributed by atoms with Crippen LogP contribution in [-0.4, -0.2) is 29.5 Å². The Morgan fingerprint density at radius 1 is 1.29 bits per heavy atom. The molecule has 0 bridgehead atoms. The molecule has 0 aliphatic carbocycles. The summed E-state index contributed by atoms with van der Waals surface area (Å²) in [6.45, 7) is 3.52. The van der Waals surface area contributed by atoms with Gasteiger partial charge < -0.3 is 4.57 Å². The van der Waals surface area contributed by atoms with E-state index in [0.717, 1.165) is 10.6 Å². The van der Waals surface area contributed by atoms with Crippen molar-refractivity contribution in [2.75, 3.05) is 0 Å². The van der Waals surface area contributed by atoms with E-state index in [9.17, 15) is 14.4 Å². The molecule has 0 radical (unpaired) electrons. The minimum absolute atomic E-state index is 0.0845. The summed E-state index contributed by atoms with van der Waals surface area (Å²) in [4.78, 5) is 45.7. The van der Waals surface area contributed by atoms with Crippen LogP contribution in [0.2, 0.25) is 0 Å². The summed E-state index contributed by atoms with van der Waals surface area (Å²) in [5.74, 6) is -0.0845. The molecule has 0 saturated heterocycles. The number of imidazole rings is 1. The first-order valence-electron chi connectivity index (χ1n) is 7.39. The maximum atomic E-state index is 12.6. The third-order valence-electron chi connectivity index (χ3n) is 3.96. The van der Waals surface area contributed by atoms with E-state index in [4.69, 9.17) is 0 Å². The maximum Gasteiger partial charge on any atom is 0.332 e. The lowest BCUT2D eigenvalue weighted by Gasteiger charge is -2.08. The van der Waals surface area contributed by atoms with Gasteiger partial charge in [0.1, 0.15) is 0 Å². The van der Waals surface area contributed by atoms with E-state index in [-0.39, 0.29) is 17.9 Å². The Bertz CT molecular complexity index is 1070. The molecule has 0 unspecified atom stereocenters. The van der Waals surface area contributed by atoms with Crippen LogP contribution in [0.1, 0.15) is 27.3 Å². The fraction of sp³-hybridized carbons (Fsp3) is 0.400. The van der Waals surface area contributed by atoms with Crippen molar-refractivity contribution in [3.63, 3.8) is 0 Å². The monoisotopic (exact) mass is 347 g/mol. The molecule has 9 heteroatoms. The minimum atomic E-state index is -0.403. The predicted octanol–water partition coefficient (Wildman–Crippen LogP) is 0.644. The predicted molar refractivity (Wildman–Crippen MR) is 90.8 cm³/mol. The quantitative estimate of drug-likeness (QED) is 0.646. The van der Waals surface area contributed by atoms with E-state index in [2.05, 4.69) is 9.97 Å². The molecule has 8 nitrogen and oxygen atoms in total. The van der Waals surface area contributed by atoms with Gasteiger partial charge in [-0.1, -0.05) is 0 Å². The van der Waals surface area contributed by atoms with Crippen LogP contribution in [0, 0.1) is 6.92 Å². The van der Waals surface area contributed by atoms with Gasteiger partial charge in [0.2, 0.25) is 0 Å². The molecule has 0 amide bonds. The smallest absolute Gasteiger partial charge is 0.328 e. The van der Waals surface area contributed by atoms with Gasteiger partial charge in [0.25, 0.3) is 5.56 Å². The highest BCUT2D eigenvalue weighted by Crippen LogP contribution is 2.19. The SMILES string of the molecule is CC(=O)c1nc(C)c(CCn2c(=O)c3c(ncn3C)n(C)c2=O)s1. The number of thiazole rings is 1. The van der Waals surface area contributed by atoms with Gasteiger partial charge in [0.05, 0.1) is 12.0 Å². The molecule has 0 fully saturated rings. The van der Waals surface area contributed by atoms with E-state index in [1.54, 1.807) is 18.7 Å². The van der Waals surface area contributed by atoms with Crippen molar-refractivity contribution >= 4 is 28.3 Å². The first-order chi connectivity index (χ1) is 11.3. The molecular formula is C15H17N5O3S. The highest BCUT2D eigenvalue weighted by molar-refractivity contribution is 7.13. The molecule has 0 aromatic carbocycles. The second-order valence-electron chi connectivity index (χ2n) is 5.66. The zero-order valence-electron chi connectivity index (χ0n) is 13.9. The molecule has 3 aromatic heterocycles. The number of nitrogens with zero attached hydrogens (tertiary/aromatic N) is 5. The highest BCUT2D eigenvalue weighted by atomic mass is 32.1. The topological polar surface area (TPSA) is 91.8 Å². The van der Waals surface area contributed by atoms with Crippen molar-refractivity contribution in [1.82, 2.24) is 23.7 Å². The molecule has 0 atom stereocenters. The molecule has 0 N–H and O–H groups in total. The zero-order chi connectivity index (χ0) is 17.6. The number of carbonyl (C=O) groups is 1. The van der Waals surface area contributed by atoms with Crippen LogP contribution in [0.4, 0.5) is 0 Å². The zero-order valence-corrected chi connectivity index (χ0v) is 14.7. The largest absolute Gasteiger partial charge is 0.332 e. The normalized spacial score (nSPS) is 11.3. The maximum absolute atomic E-state index is 12.6. The van der Waals surface area contributed by atoms with E-state index in [1.165, 1.54) is 33.7 Å². The molecule has 3 rings (SSSR count). The van der Waals surface area contributed by atoms with Crippen LogP contribution >= 0.6 is 11.3 Å². The van der Waals surface area contributed by atoms with Gasteiger partial charge >= 0.3 is 5.69 Å². The van der Waals surface area contributed by atoms with Crippen molar-refractivity contribution in [2.45, 2.75) is 26.8 Å². The molecule has 0 aliphatic rings. The Hall–Kier alpha value is -2.55. The van der Waals surface area contributed by atoms with E-state index in [1.807, 2.05) is 6.92 Å². The van der Waals surface area contributed by atoms with Gasteiger partial charge in [0, 0.05) is 38.9 Å². The number of rotatable bonds is 4. The number of hydrogen-bond donors (Lipinski definition) is 0. The van der Waals surface area contributed by atoms with Crippen LogP contribution < -0.4 is 11.2 Å². The summed E-state index contributed by atoms with van der Waals surface area (Å²) in [6.07, 6.45) is 1.98.